The van der Waals surface area contributed by atoms with Crippen molar-refractivity contribution in [2.45, 2.75) is 43.9 Å². The monoisotopic (exact) mass is 417 g/mol. The van der Waals surface area contributed by atoms with Crippen LogP contribution in [0.3, 0.4) is 0 Å². The number of aliphatic imine (C=N–C) groups is 1. The Kier molecular flexibility index (Phi) is 6.06. The maximum atomic E-state index is 14.0. The zero-order valence-electron chi connectivity index (χ0n) is 12.9. The molecule has 1 aromatic carbocycles. The average molecular weight is 417 g/mol. The topological polar surface area (TPSA) is 41.6 Å². The predicted octanol–water partition coefficient (Wildman–Crippen LogP) is 3.67. The smallest absolute Gasteiger partial charge is 0.191 e. The molecule has 0 bridgehead atoms. The molecule has 122 valence electrons. The van der Waals surface area contributed by atoms with E-state index in [1.165, 1.54) is 31.7 Å². The van der Waals surface area contributed by atoms with E-state index in [-0.39, 0.29) is 35.2 Å². The molecule has 1 heterocycles. The molecule has 3 nitrogen and oxygen atoms in total. The number of hydrogen-bond acceptors (Lipinski definition) is 1. The molecule has 5 heteroatoms. The molecule has 0 aromatic heterocycles. The van der Waals surface area contributed by atoms with Crippen LogP contribution in [-0.2, 0) is 5.41 Å². The summed E-state index contributed by atoms with van der Waals surface area (Å²) in [5.74, 6) is 0.526. The standard InChI is InChI=1S/C17H24FN3.HI/c18-15-8-4-3-7-14(15)17(9-10-17)13-20-16(19)21-11-5-1-2-6-12-21;/h3-4,7-8H,1-2,5-6,9-13H2,(H2,19,20);1H. The van der Waals surface area contributed by atoms with Crippen molar-refractivity contribution in [1.82, 2.24) is 4.90 Å². The maximum absolute atomic E-state index is 14.0. The number of rotatable bonds is 3. The van der Waals surface area contributed by atoms with E-state index in [0.717, 1.165) is 31.5 Å². The number of hydrogen-bond donors (Lipinski definition) is 1. The lowest BCUT2D eigenvalue weighted by molar-refractivity contribution is 0.427. The summed E-state index contributed by atoms with van der Waals surface area (Å²) in [6.45, 7) is 2.61. The third kappa shape index (κ3) is 3.91. The Morgan fingerprint density at radius 2 is 1.77 bits per heavy atom. The summed E-state index contributed by atoms with van der Waals surface area (Å²) in [4.78, 5) is 6.78. The van der Waals surface area contributed by atoms with Gasteiger partial charge in [-0.15, -0.1) is 24.0 Å². The Bertz CT molecular complexity index is 520. The summed E-state index contributed by atoms with van der Waals surface area (Å²) in [6.07, 6.45) is 6.95. The van der Waals surface area contributed by atoms with E-state index in [4.69, 9.17) is 5.73 Å². The van der Waals surface area contributed by atoms with E-state index in [0.29, 0.717) is 12.5 Å². The second-order valence-electron chi connectivity index (χ2n) is 6.34. The van der Waals surface area contributed by atoms with Gasteiger partial charge in [-0.1, -0.05) is 31.0 Å². The van der Waals surface area contributed by atoms with Crippen LogP contribution in [0.15, 0.2) is 29.3 Å². The first-order valence-corrected chi connectivity index (χ1v) is 8.01. The van der Waals surface area contributed by atoms with Gasteiger partial charge in [-0.05, 0) is 37.3 Å². The van der Waals surface area contributed by atoms with Crippen LogP contribution in [0.25, 0.3) is 0 Å². The van der Waals surface area contributed by atoms with Gasteiger partial charge in [0.1, 0.15) is 5.82 Å². The van der Waals surface area contributed by atoms with E-state index in [1.807, 2.05) is 12.1 Å². The fourth-order valence-corrected chi connectivity index (χ4v) is 3.19. The number of nitrogens with two attached hydrogens (primary N) is 1. The van der Waals surface area contributed by atoms with Crippen molar-refractivity contribution in [3.05, 3.63) is 35.6 Å². The average Bonchev–Trinajstić information content (AvgIpc) is 3.30. The van der Waals surface area contributed by atoms with E-state index < -0.39 is 0 Å². The molecule has 2 N–H and O–H groups in total. The number of guanidine groups is 1. The summed E-state index contributed by atoms with van der Waals surface area (Å²) in [5.41, 5.74) is 6.84. The molecular formula is C17H25FIN3. The van der Waals surface area contributed by atoms with Crippen molar-refractivity contribution in [2.24, 2.45) is 10.7 Å². The Morgan fingerprint density at radius 3 is 2.36 bits per heavy atom. The van der Waals surface area contributed by atoms with Crippen molar-refractivity contribution >= 4 is 29.9 Å². The summed E-state index contributed by atoms with van der Waals surface area (Å²) in [7, 11) is 0. The van der Waals surface area contributed by atoms with Gasteiger partial charge < -0.3 is 10.6 Å². The highest BCUT2D eigenvalue weighted by Crippen LogP contribution is 2.49. The highest BCUT2D eigenvalue weighted by atomic mass is 127. The number of nitrogens with zero attached hydrogens (tertiary/aromatic N) is 2. The zero-order chi connectivity index (χ0) is 14.7. The van der Waals surface area contributed by atoms with Crippen LogP contribution in [-0.4, -0.2) is 30.5 Å². The molecule has 0 spiro atoms. The fourth-order valence-electron chi connectivity index (χ4n) is 3.19. The fraction of sp³-hybridized carbons (Fsp3) is 0.588. The molecule has 3 rings (SSSR count). The highest BCUT2D eigenvalue weighted by Gasteiger charge is 2.45. The first-order chi connectivity index (χ1) is 10.2. The molecule has 1 aliphatic carbocycles. The van der Waals surface area contributed by atoms with Gasteiger partial charge in [0.05, 0.1) is 6.54 Å². The van der Waals surface area contributed by atoms with Gasteiger partial charge in [0.2, 0.25) is 0 Å². The SMILES string of the molecule is I.NC(=NCC1(c2ccccc2F)CC1)N1CCCCCC1. The first-order valence-electron chi connectivity index (χ1n) is 8.01. The lowest BCUT2D eigenvalue weighted by atomic mass is 9.95. The van der Waals surface area contributed by atoms with Crippen molar-refractivity contribution in [2.75, 3.05) is 19.6 Å². The van der Waals surface area contributed by atoms with E-state index in [2.05, 4.69) is 9.89 Å². The van der Waals surface area contributed by atoms with Crippen molar-refractivity contribution in [3.63, 3.8) is 0 Å². The molecule has 1 aliphatic heterocycles. The molecule has 0 radical (unpaired) electrons. The molecule has 2 fully saturated rings. The second-order valence-corrected chi connectivity index (χ2v) is 6.34. The van der Waals surface area contributed by atoms with Crippen LogP contribution in [0.2, 0.25) is 0 Å². The summed E-state index contributed by atoms with van der Waals surface area (Å²) in [6, 6.07) is 7.07. The predicted molar refractivity (Wildman–Crippen MR) is 99.3 cm³/mol. The molecule has 1 saturated carbocycles. The lowest BCUT2D eigenvalue weighted by Crippen LogP contribution is -2.38. The van der Waals surface area contributed by atoms with Crippen LogP contribution < -0.4 is 5.73 Å². The third-order valence-electron chi connectivity index (χ3n) is 4.77. The highest BCUT2D eigenvalue weighted by molar-refractivity contribution is 14.0. The Labute approximate surface area is 149 Å². The minimum Gasteiger partial charge on any atom is -0.370 e. The lowest BCUT2D eigenvalue weighted by Gasteiger charge is -2.22. The van der Waals surface area contributed by atoms with Crippen LogP contribution in [0.1, 0.15) is 44.1 Å². The molecule has 0 amide bonds. The number of likely N-dealkylation sites (tertiary alicyclic amines) is 1. The van der Waals surface area contributed by atoms with Crippen LogP contribution in [0.4, 0.5) is 4.39 Å². The molecule has 22 heavy (non-hydrogen) atoms. The Hall–Kier alpha value is -0.850. The molecule has 2 aliphatic rings. The first kappa shape index (κ1) is 17.5. The third-order valence-corrected chi connectivity index (χ3v) is 4.77. The maximum Gasteiger partial charge on any atom is 0.191 e. The Morgan fingerprint density at radius 1 is 1.14 bits per heavy atom. The molecule has 0 atom stereocenters. The Balaban J connectivity index is 0.00000176. The van der Waals surface area contributed by atoms with Gasteiger partial charge >= 0.3 is 0 Å². The number of benzene rings is 1. The minimum atomic E-state index is -0.112. The largest absolute Gasteiger partial charge is 0.370 e. The van der Waals surface area contributed by atoms with Crippen molar-refractivity contribution in [3.8, 4) is 0 Å². The van der Waals surface area contributed by atoms with Gasteiger partial charge in [-0.3, -0.25) is 4.99 Å². The van der Waals surface area contributed by atoms with Gasteiger partial charge in [-0.2, -0.15) is 0 Å². The normalized spacial score (nSPS) is 21.0. The van der Waals surface area contributed by atoms with Crippen molar-refractivity contribution in [1.29, 1.82) is 0 Å². The summed E-state index contributed by atoms with van der Waals surface area (Å²) < 4.78 is 14.0. The van der Waals surface area contributed by atoms with Crippen LogP contribution in [0, 0.1) is 5.82 Å². The van der Waals surface area contributed by atoms with Crippen LogP contribution in [0.5, 0.6) is 0 Å². The summed E-state index contributed by atoms with van der Waals surface area (Å²) >= 11 is 0. The van der Waals surface area contributed by atoms with Gasteiger partial charge in [0.15, 0.2) is 5.96 Å². The van der Waals surface area contributed by atoms with E-state index in [9.17, 15) is 4.39 Å². The summed E-state index contributed by atoms with van der Waals surface area (Å²) in [5, 5.41) is 0. The van der Waals surface area contributed by atoms with E-state index >= 15 is 0 Å². The molecule has 1 aromatic rings. The zero-order valence-corrected chi connectivity index (χ0v) is 15.3. The van der Waals surface area contributed by atoms with E-state index in [1.54, 1.807) is 6.07 Å². The second kappa shape index (κ2) is 7.62. The van der Waals surface area contributed by atoms with Gasteiger partial charge in [0, 0.05) is 18.5 Å². The van der Waals surface area contributed by atoms with Crippen molar-refractivity contribution < 1.29 is 4.39 Å². The molecule has 0 unspecified atom stereocenters. The minimum absolute atomic E-state index is 0. The van der Waals surface area contributed by atoms with Crippen LogP contribution >= 0.6 is 24.0 Å². The van der Waals surface area contributed by atoms with Gasteiger partial charge in [0.25, 0.3) is 0 Å². The van der Waals surface area contributed by atoms with Gasteiger partial charge in [-0.25, -0.2) is 4.39 Å². The molecular weight excluding hydrogens is 392 g/mol. The quantitative estimate of drug-likeness (QED) is 0.463. The number of halogens is 2. The molecule has 1 saturated heterocycles.